The van der Waals surface area contributed by atoms with Crippen LogP contribution in [0, 0.1) is 0 Å². The van der Waals surface area contributed by atoms with Crippen LogP contribution in [0.3, 0.4) is 0 Å². The van der Waals surface area contributed by atoms with Crippen LogP contribution in [0.5, 0.6) is 0 Å². The molecule has 5 nitrogen and oxygen atoms in total. The predicted octanol–water partition coefficient (Wildman–Crippen LogP) is -0.452. The standard InChI is InChI=1S/C10H23N3O2/c1-4-15-8-7-13(3)6-5-10(2,12)9(11)14/h4-8,12H2,1-3H3,(H2,11,14). The van der Waals surface area contributed by atoms with Gasteiger partial charge in [-0.15, -0.1) is 0 Å². The molecule has 0 aromatic heterocycles. The van der Waals surface area contributed by atoms with E-state index in [2.05, 4.69) is 4.90 Å². The molecule has 0 bridgehead atoms. The zero-order valence-corrected chi connectivity index (χ0v) is 9.95. The van der Waals surface area contributed by atoms with Crippen LogP contribution in [0.1, 0.15) is 20.3 Å². The molecule has 4 N–H and O–H groups in total. The summed E-state index contributed by atoms with van der Waals surface area (Å²) in [6.07, 6.45) is 0.560. The molecule has 0 fully saturated rings. The van der Waals surface area contributed by atoms with Crippen molar-refractivity contribution in [3.63, 3.8) is 0 Å². The van der Waals surface area contributed by atoms with Crippen molar-refractivity contribution in [3.8, 4) is 0 Å². The minimum Gasteiger partial charge on any atom is -0.380 e. The van der Waals surface area contributed by atoms with Crippen LogP contribution in [0.4, 0.5) is 0 Å². The lowest BCUT2D eigenvalue weighted by Crippen LogP contribution is -2.51. The summed E-state index contributed by atoms with van der Waals surface area (Å²) in [7, 11) is 1.97. The summed E-state index contributed by atoms with van der Waals surface area (Å²) in [4.78, 5) is 13.0. The Labute approximate surface area is 91.7 Å². The van der Waals surface area contributed by atoms with Crippen molar-refractivity contribution in [1.82, 2.24) is 4.90 Å². The van der Waals surface area contributed by atoms with Gasteiger partial charge in [-0.1, -0.05) is 0 Å². The molecule has 0 aromatic carbocycles. The second-order valence-corrected chi connectivity index (χ2v) is 4.03. The van der Waals surface area contributed by atoms with Gasteiger partial charge < -0.3 is 21.1 Å². The van der Waals surface area contributed by atoms with E-state index in [1.54, 1.807) is 6.92 Å². The molecule has 1 atom stereocenters. The maximum atomic E-state index is 10.9. The maximum Gasteiger partial charge on any atom is 0.237 e. The highest BCUT2D eigenvalue weighted by Gasteiger charge is 2.25. The number of ether oxygens (including phenoxy) is 1. The smallest absolute Gasteiger partial charge is 0.237 e. The van der Waals surface area contributed by atoms with E-state index in [1.165, 1.54) is 0 Å². The highest BCUT2D eigenvalue weighted by atomic mass is 16.5. The Morgan fingerprint density at radius 2 is 2.07 bits per heavy atom. The van der Waals surface area contributed by atoms with E-state index in [4.69, 9.17) is 16.2 Å². The Kier molecular flexibility index (Phi) is 6.47. The SMILES string of the molecule is CCOCCN(C)CCC(C)(N)C(N)=O. The fraction of sp³-hybridized carbons (Fsp3) is 0.900. The van der Waals surface area contributed by atoms with Gasteiger partial charge in [0.15, 0.2) is 0 Å². The summed E-state index contributed by atoms with van der Waals surface area (Å²) in [5, 5.41) is 0. The molecule has 90 valence electrons. The van der Waals surface area contributed by atoms with Crippen LogP contribution >= 0.6 is 0 Å². The molecule has 0 aliphatic carbocycles. The third-order valence-corrected chi connectivity index (χ3v) is 2.40. The topological polar surface area (TPSA) is 81.6 Å². The Bertz CT molecular complexity index is 195. The number of hydrogen-bond donors (Lipinski definition) is 2. The molecule has 0 spiro atoms. The summed E-state index contributed by atoms with van der Waals surface area (Å²) in [6, 6.07) is 0. The average Bonchev–Trinajstić information content (AvgIpc) is 2.15. The van der Waals surface area contributed by atoms with E-state index in [9.17, 15) is 4.79 Å². The van der Waals surface area contributed by atoms with Crippen LogP contribution in [0.2, 0.25) is 0 Å². The fourth-order valence-electron chi connectivity index (χ4n) is 1.02. The zero-order valence-electron chi connectivity index (χ0n) is 9.95. The minimum atomic E-state index is -0.917. The van der Waals surface area contributed by atoms with Gasteiger partial charge in [0.25, 0.3) is 0 Å². The quantitative estimate of drug-likeness (QED) is 0.539. The predicted molar refractivity (Wildman–Crippen MR) is 60.4 cm³/mol. The number of hydrogen-bond acceptors (Lipinski definition) is 4. The number of likely N-dealkylation sites (N-methyl/N-ethyl adjacent to an activating group) is 1. The van der Waals surface area contributed by atoms with E-state index in [0.29, 0.717) is 13.0 Å². The van der Waals surface area contributed by atoms with Crippen LogP contribution in [-0.4, -0.2) is 49.7 Å². The largest absolute Gasteiger partial charge is 0.380 e. The van der Waals surface area contributed by atoms with Gasteiger partial charge in [0.1, 0.15) is 0 Å². The van der Waals surface area contributed by atoms with Gasteiger partial charge in [0.2, 0.25) is 5.91 Å². The van der Waals surface area contributed by atoms with Crippen LogP contribution in [-0.2, 0) is 9.53 Å². The molecular weight excluding hydrogens is 194 g/mol. The number of carbonyl (C=O) groups is 1. The third kappa shape index (κ3) is 6.43. The molecule has 15 heavy (non-hydrogen) atoms. The highest BCUT2D eigenvalue weighted by molar-refractivity contribution is 5.83. The van der Waals surface area contributed by atoms with Gasteiger partial charge >= 0.3 is 0 Å². The van der Waals surface area contributed by atoms with Gasteiger partial charge in [-0.2, -0.15) is 0 Å². The molecule has 0 saturated heterocycles. The molecule has 0 saturated carbocycles. The zero-order chi connectivity index (χ0) is 11.9. The van der Waals surface area contributed by atoms with Gasteiger partial charge in [-0.05, 0) is 27.3 Å². The normalized spacial score (nSPS) is 15.3. The molecule has 0 aliphatic heterocycles. The number of nitrogens with zero attached hydrogens (tertiary/aromatic N) is 1. The monoisotopic (exact) mass is 217 g/mol. The van der Waals surface area contributed by atoms with Gasteiger partial charge in [0.05, 0.1) is 12.1 Å². The summed E-state index contributed by atoms with van der Waals surface area (Å²) in [5.41, 5.74) is 9.98. The Morgan fingerprint density at radius 3 is 2.53 bits per heavy atom. The lowest BCUT2D eigenvalue weighted by atomic mass is 9.98. The van der Waals surface area contributed by atoms with E-state index in [1.807, 2.05) is 14.0 Å². The van der Waals surface area contributed by atoms with Crippen molar-refractivity contribution in [1.29, 1.82) is 0 Å². The molecule has 1 unspecified atom stereocenters. The van der Waals surface area contributed by atoms with Gasteiger partial charge in [-0.25, -0.2) is 0 Å². The third-order valence-electron chi connectivity index (χ3n) is 2.40. The minimum absolute atomic E-state index is 0.458. The van der Waals surface area contributed by atoms with Crippen molar-refractivity contribution in [3.05, 3.63) is 0 Å². The second-order valence-electron chi connectivity index (χ2n) is 4.03. The first-order valence-corrected chi connectivity index (χ1v) is 5.25. The molecule has 0 rings (SSSR count). The molecule has 0 aliphatic rings. The number of rotatable bonds is 8. The average molecular weight is 217 g/mol. The van der Waals surface area contributed by atoms with E-state index in [0.717, 1.165) is 19.7 Å². The Balaban J connectivity index is 3.70. The molecule has 0 radical (unpaired) electrons. The first-order valence-electron chi connectivity index (χ1n) is 5.25. The summed E-state index contributed by atoms with van der Waals surface area (Å²) in [6.45, 7) is 6.62. The Hall–Kier alpha value is -0.650. The summed E-state index contributed by atoms with van der Waals surface area (Å²) < 4.78 is 5.22. The molecule has 5 heteroatoms. The van der Waals surface area contributed by atoms with Crippen LogP contribution < -0.4 is 11.5 Å². The van der Waals surface area contributed by atoms with Crippen LogP contribution in [0.25, 0.3) is 0 Å². The van der Waals surface area contributed by atoms with E-state index >= 15 is 0 Å². The maximum absolute atomic E-state index is 10.9. The second kappa shape index (κ2) is 6.76. The molecule has 0 aromatic rings. The lowest BCUT2D eigenvalue weighted by Gasteiger charge is -2.24. The van der Waals surface area contributed by atoms with Crippen LogP contribution in [0.15, 0.2) is 0 Å². The van der Waals surface area contributed by atoms with E-state index < -0.39 is 11.4 Å². The molecule has 1 amide bonds. The molecule has 0 heterocycles. The first kappa shape index (κ1) is 14.3. The van der Waals surface area contributed by atoms with Crippen molar-refractivity contribution in [2.45, 2.75) is 25.8 Å². The van der Waals surface area contributed by atoms with Crippen molar-refractivity contribution < 1.29 is 9.53 Å². The van der Waals surface area contributed by atoms with Crippen molar-refractivity contribution in [2.24, 2.45) is 11.5 Å². The Morgan fingerprint density at radius 1 is 1.47 bits per heavy atom. The highest BCUT2D eigenvalue weighted by Crippen LogP contribution is 2.05. The summed E-state index contributed by atoms with van der Waals surface area (Å²) in [5.74, 6) is -0.458. The number of amides is 1. The van der Waals surface area contributed by atoms with Crippen molar-refractivity contribution in [2.75, 3.05) is 33.4 Å². The molecular formula is C10H23N3O2. The first-order chi connectivity index (χ1) is 6.90. The van der Waals surface area contributed by atoms with Gasteiger partial charge in [0, 0.05) is 19.7 Å². The fourth-order valence-corrected chi connectivity index (χ4v) is 1.02. The van der Waals surface area contributed by atoms with Gasteiger partial charge in [-0.3, -0.25) is 4.79 Å². The summed E-state index contributed by atoms with van der Waals surface area (Å²) >= 11 is 0. The van der Waals surface area contributed by atoms with E-state index in [-0.39, 0.29) is 0 Å². The number of primary amides is 1. The number of carbonyl (C=O) groups excluding carboxylic acids is 1. The van der Waals surface area contributed by atoms with Crippen molar-refractivity contribution >= 4 is 5.91 Å². The number of nitrogens with two attached hydrogens (primary N) is 2. The lowest BCUT2D eigenvalue weighted by molar-refractivity contribution is -0.122.